The molecule has 1 atom stereocenters. The molecule has 5 aromatic rings. The molecule has 3 heterocycles. The molecule has 1 aliphatic rings. The monoisotopic (exact) mass is 495 g/mol. The molecule has 186 valence electrons. The Balaban J connectivity index is 1.51. The predicted octanol–water partition coefficient (Wildman–Crippen LogP) is 6.04. The lowest BCUT2D eigenvalue weighted by Crippen LogP contribution is -2.28. The SMILES string of the molecule is CCC(F)Oc1ccc(-c2c(=O)n(-c3ccc4ncccc4c3)cc3cnc(NC4CCC4)nc23)cc1. The molecule has 8 heteroatoms. The topological polar surface area (TPSA) is 81.9 Å². The van der Waals surface area contributed by atoms with E-state index in [2.05, 4.69) is 15.3 Å². The molecule has 0 bridgehead atoms. The van der Waals surface area contributed by atoms with Gasteiger partial charge in [0.2, 0.25) is 12.3 Å². The molecule has 37 heavy (non-hydrogen) atoms. The lowest BCUT2D eigenvalue weighted by Gasteiger charge is -2.26. The van der Waals surface area contributed by atoms with Crippen molar-refractivity contribution >= 4 is 27.8 Å². The molecular weight excluding hydrogens is 469 g/mol. The molecule has 6 rings (SSSR count). The predicted molar refractivity (Wildman–Crippen MR) is 143 cm³/mol. The quantitative estimate of drug-likeness (QED) is 0.296. The second kappa shape index (κ2) is 9.61. The van der Waals surface area contributed by atoms with Crippen molar-refractivity contribution in [2.45, 2.75) is 45.0 Å². The molecule has 1 unspecified atom stereocenters. The summed E-state index contributed by atoms with van der Waals surface area (Å²) in [4.78, 5) is 27.7. The number of anilines is 1. The Morgan fingerprint density at radius 1 is 1.11 bits per heavy atom. The van der Waals surface area contributed by atoms with Crippen LogP contribution in [-0.4, -0.2) is 31.9 Å². The van der Waals surface area contributed by atoms with E-state index in [9.17, 15) is 9.18 Å². The third-order valence-corrected chi connectivity index (χ3v) is 6.79. The highest BCUT2D eigenvalue weighted by Crippen LogP contribution is 2.29. The van der Waals surface area contributed by atoms with Gasteiger partial charge >= 0.3 is 0 Å². The first kappa shape index (κ1) is 23.1. The summed E-state index contributed by atoms with van der Waals surface area (Å²) in [6.07, 6.45) is 7.50. The van der Waals surface area contributed by atoms with Gasteiger partial charge in [-0.3, -0.25) is 14.3 Å². The number of aromatic nitrogens is 4. The van der Waals surface area contributed by atoms with Crippen LogP contribution in [0.3, 0.4) is 0 Å². The van der Waals surface area contributed by atoms with Gasteiger partial charge in [-0.1, -0.05) is 25.1 Å². The van der Waals surface area contributed by atoms with Crippen molar-refractivity contribution in [1.29, 1.82) is 0 Å². The third kappa shape index (κ3) is 4.50. The maximum Gasteiger partial charge on any atom is 0.265 e. The minimum absolute atomic E-state index is 0.213. The number of nitrogens with zero attached hydrogens (tertiary/aromatic N) is 4. The Bertz CT molecular complexity index is 1650. The number of benzene rings is 2. The minimum Gasteiger partial charge on any atom is -0.460 e. The normalized spacial score (nSPS) is 14.4. The van der Waals surface area contributed by atoms with E-state index >= 15 is 0 Å². The largest absolute Gasteiger partial charge is 0.460 e. The van der Waals surface area contributed by atoms with E-state index in [-0.39, 0.29) is 12.0 Å². The third-order valence-electron chi connectivity index (χ3n) is 6.79. The average molecular weight is 496 g/mol. The van der Waals surface area contributed by atoms with Crippen LogP contribution in [0.5, 0.6) is 5.75 Å². The zero-order valence-electron chi connectivity index (χ0n) is 20.4. The number of rotatable bonds is 7. The fraction of sp³-hybridized carbons (Fsp3) is 0.241. The van der Waals surface area contributed by atoms with Gasteiger partial charge in [0.15, 0.2) is 0 Å². The van der Waals surface area contributed by atoms with Gasteiger partial charge in [-0.25, -0.2) is 14.4 Å². The lowest BCUT2D eigenvalue weighted by atomic mass is 9.93. The molecule has 1 N–H and O–H groups in total. The van der Waals surface area contributed by atoms with E-state index in [0.29, 0.717) is 40.1 Å². The number of hydrogen-bond acceptors (Lipinski definition) is 6. The summed E-state index contributed by atoms with van der Waals surface area (Å²) < 4.78 is 20.7. The van der Waals surface area contributed by atoms with Crippen LogP contribution < -0.4 is 15.6 Å². The minimum atomic E-state index is -1.38. The van der Waals surface area contributed by atoms with E-state index in [0.717, 1.165) is 29.1 Å². The van der Waals surface area contributed by atoms with Gasteiger partial charge in [0.1, 0.15) is 5.75 Å². The maximum atomic E-state index is 14.0. The summed E-state index contributed by atoms with van der Waals surface area (Å²) in [5.74, 6) is 0.915. The smallest absolute Gasteiger partial charge is 0.265 e. The van der Waals surface area contributed by atoms with Crippen molar-refractivity contribution in [3.8, 4) is 22.6 Å². The molecule has 0 saturated heterocycles. The molecule has 3 aromatic heterocycles. The molecule has 0 aliphatic heterocycles. The van der Waals surface area contributed by atoms with Crippen molar-refractivity contribution in [1.82, 2.24) is 19.5 Å². The zero-order chi connectivity index (χ0) is 25.4. The highest BCUT2D eigenvalue weighted by atomic mass is 19.1. The van der Waals surface area contributed by atoms with Crippen molar-refractivity contribution < 1.29 is 9.13 Å². The number of halogens is 1. The van der Waals surface area contributed by atoms with Gasteiger partial charge in [0.05, 0.1) is 16.6 Å². The van der Waals surface area contributed by atoms with E-state index in [1.54, 1.807) is 54.3 Å². The molecule has 1 saturated carbocycles. The summed E-state index contributed by atoms with van der Waals surface area (Å²) in [7, 11) is 0. The van der Waals surface area contributed by atoms with Crippen molar-refractivity contribution in [2.24, 2.45) is 0 Å². The number of nitrogens with one attached hydrogen (secondary N) is 1. The Kier molecular flexibility index (Phi) is 6.00. The fourth-order valence-corrected chi connectivity index (χ4v) is 4.51. The first-order valence-corrected chi connectivity index (χ1v) is 12.5. The highest BCUT2D eigenvalue weighted by Gasteiger charge is 2.20. The Morgan fingerprint density at radius 3 is 2.70 bits per heavy atom. The molecule has 7 nitrogen and oxygen atoms in total. The molecule has 1 fully saturated rings. The molecule has 0 spiro atoms. The van der Waals surface area contributed by atoms with Crippen LogP contribution in [-0.2, 0) is 0 Å². The first-order valence-electron chi connectivity index (χ1n) is 12.5. The van der Waals surface area contributed by atoms with Crippen LogP contribution in [0.25, 0.3) is 38.6 Å². The van der Waals surface area contributed by atoms with Crippen LogP contribution in [0.2, 0.25) is 0 Å². The summed E-state index contributed by atoms with van der Waals surface area (Å²) in [5, 5.41) is 5.04. The van der Waals surface area contributed by atoms with Crippen LogP contribution in [0.4, 0.5) is 10.3 Å². The molecule has 1 aliphatic carbocycles. The van der Waals surface area contributed by atoms with Crippen molar-refractivity contribution in [3.63, 3.8) is 0 Å². The van der Waals surface area contributed by atoms with Crippen LogP contribution in [0.1, 0.15) is 32.6 Å². The summed E-state index contributed by atoms with van der Waals surface area (Å²) in [6, 6.07) is 16.8. The van der Waals surface area contributed by atoms with E-state index in [4.69, 9.17) is 9.72 Å². The van der Waals surface area contributed by atoms with Gasteiger partial charge in [0, 0.05) is 47.5 Å². The molecule has 0 radical (unpaired) electrons. The summed E-state index contributed by atoms with van der Waals surface area (Å²) >= 11 is 0. The Hall–Kier alpha value is -4.33. The number of hydrogen-bond donors (Lipinski definition) is 1. The van der Waals surface area contributed by atoms with Crippen LogP contribution in [0, 0.1) is 0 Å². The van der Waals surface area contributed by atoms with Gasteiger partial charge < -0.3 is 10.1 Å². The van der Waals surface area contributed by atoms with E-state index in [1.807, 2.05) is 30.3 Å². The van der Waals surface area contributed by atoms with Crippen molar-refractivity contribution in [3.05, 3.63) is 83.5 Å². The molecule has 2 aromatic carbocycles. The van der Waals surface area contributed by atoms with Gasteiger partial charge in [-0.05, 0) is 61.2 Å². The number of ether oxygens (including phenoxy) is 1. The second-order valence-electron chi connectivity index (χ2n) is 9.29. The van der Waals surface area contributed by atoms with Gasteiger partial charge in [-0.15, -0.1) is 0 Å². The summed E-state index contributed by atoms with van der Waals surface area (Å²) in [6.45, 7) is 1.72. The molecule has 0 amide bonds. The van der Waals surface area contributed by atoms with Gasteiger partial charge in [0.25, 0.3) is 5.56 Å². The Morgan fingerprint density at radius 2 is 1.95 bits per heavy atom. The average Bonchev–Trinajstić information content (AvgIpc) is 2.90. The van der Waals surface area contributed by atoms with Gasteiger partial charge in [-0.2, -0.15) is 0 Å². The maximum absolute atomic E-state index is 14.0. The van der Waals surface area contributed by atoms with Crippen LogP contribution in [0.15, 0.2) is 78.0 Å². The molecular formula is C29H26FN5O2. The standard InChI is InChI=1S/C29H26FN5O2/c1-2-25(30)37-23-11-8-18(9-12-23)26-27-20(16-32-29(34-27)33-21-6-3-7-21)17-35(28(26)36)22-10-13-24-19(15-22)5-4-14-31-24/h4-5,8-17,21,25H,2-3,6-7H2,1H3,(H,33,34). The van der Waals surface area contributed by atoms with E-state index < -0.39 is 6.36 Å². The number of pyridine rings is 2. The number of fused-ring (bicyclic) bond motifs is 2. The fourth-order valence-electron chi connectivity index (χ4n) is 4.51. The number of alkyl halides is 1. The first-order chi connectivity index (χ1) is 18.1. The second-order valence-corrected chi connectivity index (χ2v) is 9.29. The zero-order valence-corrected chi connectivity index (χ0v) is 20.4. The Labute approximate surface area is 213 Å². The lowest BCUT2D eigenvalue weighted by molar-refractivity contribution is 0.0642. The van der Waals surface area contributed by atoms with Crippen LogP contribution >= 0.6 is 0 Å². The summed E-state index contributed by atoms with van der Waals surface area (Å²) in [5.41, 5.74) is 3.03. The van der Waals surface area contributed by atoms with E-state index in [1.165, 1.54) is 6.42 Å². The highest BCUT2D eigenvalue weighted by molar-refractivity contribution is 5.93. The van der Waals surface area contributed by atoms with Crippen molar-refractivity contribution in [2.75, 3.05) is 5.32 Å².